The molecule has 0 radical (unpaired) electrons. The van der Waals surface area contributed by atoms with Crippen molar-refractivity contribution in [1.82, 2.24) is 5.32 Å². The number of carbonyl (C=O) groups is 2. The van der Waals surface area contributed by atoms with Crippen LogP contribution in [-0.4, -0.2) is 35.0 Å². The quantitative estimate of drug-likeness (QED) is 0.758. The van der Waals surface area contributed by atoms with Gasteiger partial charge in [0.05, 0.1) is 21.3 Å². The van der Waals surface area contributed by atoms with Gasteiger partial charge in [-0.3, -0.25) is 9.00 Å². The van der Waals surface area contributed by atoms with Crippen LogP contribution in [-0.2, 0) is 20.3 Å². The molecule has 3 atom stereocenters. The zero-order valence-corrected chi connectivity index (χ0v) is 15.9. The number of benzene rings is 2. The van der Waals surface area contributed by atoms with Crippen molar-refractivity contribution >= 4 is 22.7 Å². The third-order valence-electron chi connectivity index (χ3n) is 4.02. The molecule has 0 spiro atoms. The van der Waals surface area contributed by atoms with Crippen LogP contribution in [0.4, 0.5) is 0 Å². The number of carbonyl (C=O) groups excluding carboxylic acids is 2. The Morgan fingerprint density at radius 3 is 2.31 bits per heavy atom. The van der Waals surface area contributed by atoms with Crippen molar-refractivity contribution in [3.8, 4) is 0 Å². The average Bonchev–Trinajstić information content (AvgIpc) is 2.66. The Morgan fingerprint density at radius 2 is 1.65 bits per heavy atom. The first-order valence-corrected chi connectivity index (χ1v) is 9.92. The molecule has 0 aliphatic rings. The van der Waals surface area contributed by atoms with Crippen molar-refractivity contribution in [2.75, 3.05) is 12.8 Å². The van der Waals surface area contributed by atoms with Crippen LogP contribution >= 0.6 is 0 Å². The zero-order valence-electron chi connectivity index (χ0n) is 15.1. The summed E-state index contributed by atoms with van der Waals surface area (Å²) in [5.41, 5.74) is 1.34. The third-order valence-corrected chi connectivity index (χ3v) is 5.00. The summed E-state index contributed by atoms with van der Waals surface area (Å²) in [6.07, 6.45) is 0.552. The molecule has 0 fully saturated rings. The maximum Gasteiger partial charge on any atom is 0.340 e. The van der Waals surface area contributed by atoms with Crippen molar-refractivity contribution in [1.29, 1.82) is 0 Å². The molecule has 6 heteroatoms. The predicted molar refractivity (Wildman–Crippen MR) is 102 cm³/mol. The highest BCUT2D eigenvalue weighted by molar-refractivity contribution is 7.84. The summed E-state index contributed by atoms with van der Waals surface area (Å²) in [7, 11) is -1.32. The summed E-state index contributed by atoms with van der Waals surface area (Å²) in [5, 5.41) is 2.80. The fraction of sp³-hybridized carbons (Fsp3) is 0.300. The number of ether oxygens (including phenoxy) is 1. The molecule has 0 bridgehead atoms. The van der Waals surface area contributed by atoms with E-state index in [2.05, 4.69) is 5.32 Å². The van der Waals surface area contributed by atoms with Crippen LogP contribution in [0.25, 0.3) is 0 Å². The van der Waals surface area contributed by atoms with Gasteiger partial charge in [0.15, 0.2) is 6.10 Å². The summed E-state index contributed by atoms with van der Waals surface area (Å²) >= 11 is 0. The van der Waals surface area contributed by atoms with Crippen LogP contribution < -0.4 is 5.32 Å². The number of hydrogen-bond donors (Lipinski definition) is 1. The molecule has 138 valence electrons. The van der Waals surface area contributed by atoms with E-state index >= 15 is 0 Å². The second-order valence-electron chi connectivity index (χ2n) is 6.05. The molecular formula is C20H23NO4S. The van der Waals surface area contributed by atoms with E-state index in [9.17, 15) is 13.8 Å². The summed E-state index contributed by atoms with van der Waals surface area (Å²) in [4.78, 5) is 24.9. The molecule has 0 unspecified atom stereocenters. The molecule has 0 aliphatic carbocycles. The van der Waals surface area contributed by atoms with E-state index in [0.717, 1.165) is 5.56 Å². The van der Waals surface area contributed by atoms with Gasteiger partial charge in [0.2, 0.25) is 0 Å². The van der Waals surface area contributed by atoms with Crippen molar-refractivity contribution in [2.45, 2.75) is 30.8 Å². The highest BCUT2D eigenvalue weighted by atomic mass is 32.2. The molecule has 0 saturated carbocycles. The van der Waals surface area contributed by atoms with Gasteiger partial charge >= 0.3 is 5.97 Å². The minimum absolute atomic E-state index is 0.145. The van der Waals surface area contributed by atoms with Gasteiger partial charge in [0.25, 0.3) is 5.91 Å². The normalized spacial score (nSPS) is 14.1. The minimum Gasteiger partial charge on any atom is -0.449 e. The van der Waals surface area contributed by atoms with E-state index in [1.165, 1.54) is 13.2 Å². The van der Waals surface area contributed by atoms with Crippen molar-refractivity contribution < 1.29 is 18.5 Å². The lowest BCUT2D eigenvalue weighted by atomic mass is 10.0. The lowest BCUT2D eigenvalue weighted by Gasteiger charge is -2.17. The second kappa shape index (κ2) is 9.29. The molecule has 0 heterocycles. The standard InChI is InChI=1S/C20H23NO4S/c1-14(16-9-5-4-6-10-16)13-21-19(22)15(2)25-20(23)17-11-7-8-12-18(17)26(3)24/h4-12,14-15H,13H2,1-3H3,(H,21,22)/t14-,15+,26-/m1/s1. The largest absolute Gasteiger partial charge is 0.449 e. The van der Waals surface area contributed by atoms with Crippen LogP contribution in [0.15, 0.2) is 59.5 Å². The van der Waals surface area contributed by atoms with Gasteiger partial charge in [0.1, 0.15) is 0 Å². The number of amides is 1. The molecule has 2 rings (SSSR count). The lowest BCUT2D eigenvalue weighted by molar-refractivity contribution is -0.129. The monoisotopic (exact) mass is 373 g/mol. The van der Waals surface area contributed by atoms with Crippen molar-refractivity contribution in [2.24, 2.45) is 0 Å². The molecule has 26 heavy (non-hydrogen) atoms. The molecule has 2 aromatic rings. The van der Waals surface area contributed by atoms with Crippen LogP contribution in [0.3, 0.4) is 0 Å². The Kier molecular flexibility index (Phi) is 7.09. The Hall–Kier alpha value is -2.47. The van der Waals surface area contributed by atoms with Gasteiger partial charge < -0.3 is 10.1 Å². The Labute approximate surface area is 156 Å². The van der Waals surface area contributed by atoms with Gasteiger partial charge in [-0.25, -0.2) is 4.79 Å². The summed E-state index contributed by atoms with van der Waals surface area (Å²) in [6.45, 7) is 3.98. The fourth-order valence-corrected chi connectivity index (χ4v) is 3.19. The molecule has 0 saturated heterocycles. The maximum absolute atomic E-state index is 12.3. The minimum atomic E-state index is -1.32. The van der Waals surface area contributed by atoms with Crippen molar-refractivity contribution in [3.05, 3.63) is 65.7 Å². The van der Waals surface area contributed by atoms with Gasteiger partial charge in [-0.2, -0.15) is 0 Å². The fourth-order valence-electron chi connectivity index (χ4n) is 2.46. The van der Waals surface area contributed by atoms with Crippen molar-refractivity contribution in [3.63, 3.8) is 0 Å². The maximum atomic E-state index is 12.3. The Bertz CT molecular complexity index is 791. The summed E-state index contributed by atoms with van der Waals surface area (Å²) < 4.78 is 17.0. The topological polar surface area (TPSA) is 72.5 Å². The average molecular weight is 373 g/mol. The molecule has 5 nitrogen and oxygen atoms in total. The van der Waals surface area contributed by atoms with Crippen LogP contribution in [0, 0.1) is 0 Å². The first kappa shape index (κ1) is 19.8. The molecule has 2 aromatic carbocycles. The summed E-state index contributed by atoms with van der Waals surface area (Å²) in [5.74, 6) is -0.878. The Morgan fingerprint density at radius 1 is 1.04 bits per heavy atom. The van der Waals surface area contributed by atoms with E-state index in [4.69, 9.17) is 4.74 Å². The van der Waals surface area contributed by atoms with E-state index in [1.54, 1.807) is 24.3 Å². The molecule has 1 amide bonds. The molecule has 0 aromatic heterocycles. The molecular weight excluding hydrogens is 350 g/mol. The summed E-state index contributed by atoms with van der Waals surface area (Å²) in [6, 6.07) is 16.4. The van der Waals surface area contributed by atoms with Gasteiger partial charge in [-0.1, -0.05) is 49.4 Å². The zero-order chi connectivity index (χ0) is 19.1. The lowest BCUT2D eigenvalue weighted by Crippen LogP contribution is -2.37. The predicted octanol–water partition coefficient (Wildman–Crippen LogP) is 2.89. The number of esters is 1. The highest BCUT2D eigenvalue weighted by Gasteiger charge is 2.22. The van der Waals surface area contributed by atoms with Gasteiger partial charge in [0, 0.05) is 12.8 Å². The first-order valence-electron chi connectivity index (χ1n) is 8.36. The SMILES string of the molecule is C[C@H](OC(=O)c1ccccc1[S@@](C)=O)C(=O)NC[C@@H](C)c1ccccc1. The smallest absolute Gasteiger partial charge is 0.340 e. The van der Waals surface area contributed by atoms with E-state index in [-0.39, 0.29) is 17.4 Å². The van der Waals surface area contributed by atoms with E-state index < -0.39 is 22.9 Å². The number of nitrogens with one attached hydrogen (secondary N) is 1. The Balaban J connectivity index is 1.93. The third kappa shape index (κ3) is 5.26. The number of rotatable bonds is 7. The van der Waals surface area contributed by atoms with Gasteiger partial charge in [-0.05, 0) is 30.5 Å². The first-order chi connectivity index (χ1) is 12.4. The number of hydrogen-bond acceptors (Lipinski definition) is 4. The molecule has 1 N–H and O–H groups in total. The van der Waals surface area contributed by atoms with Crippen LogP contribution in [0.1, 0.15) is 35.7 Å². The van der Waals surface area contributed by atoms with E-state index in [1.807, 2.05) is 37.3 Å². The second-order valence-corrected chi connectivity index (χ2v) is 7.40. The van der Waals surface area contributed by atoms with Crippen LogP contribution in [0.2, 0.25) is 0 Å². The highest BCUT2D eigenvalue weighted by Crippen LogP contribution is 2.15. The van der Waals surface area contributed by atoms with E-state index in [0.29, 0.717) is 11.4 Å². The van der Waals surface area contributed by atoms with Gasteiger partial charge in [-0.15, -0.1) is 0 Å². The molecule has 0 aliphatic heterocycles. The van der Waals surface area contributed by atoms with Crippen LogP contribution in [0.5, 0.6) is 0 Å².